The van der Waals surface area contributed by atoms with Gasteiger partial charge in [0.05, 0.1) is 5.69 Å². The molecule has 1 amide bonds. The first kappa shape index (κ1) is 15.3. The molecule has 1 aromatic carbocycles. The monoisotopic (exact) mass is 299 g/mol. The molecule has 0 fully saturated rings. The van der Waals surface area contributed by atoms with Crippen LogP contribution in [0.3, 0.4) is 0 Å². The summed E-state index contributed by atoms with van der Waals surface area (Å²) in [6.45, 7) is 1.38. The van der Waals surface area contributed by atoms with Crippen LogP contribution in [-0.2, 0) is 15.9 Å². The van der Waals surface area contributed by atoms with Crippen LogP contribution in [0.25, 0.3) is 0 Å². The topological polar surface area (TPSA) is 69.2 Å². The number of carbonyl (C=O) groups excluding carboxylic acids is 1. The first-order valence-corrected chi connectivity index (χ1v) is 5.54. The van der Waals surface area contributed by atoms with Gasteiger partial charge in [-0.15, -0.1) is 0 Å². The SMILES string of the molecule is CC(=O)Nc1ccc(S(=O)[O-])cc1Br.[Na+]. The summed E-state index contributed by atoms with van der Waals surface area (Å²) in [4.78, 5) is 10.9. The number of halogens is 1. The Labute approximate surface area is 121 Å². The molecule has 0 saturated carbocycles. The second-order valence-corrected chi connectivity index (χ2v) is 4.35. The third kappa shape index (κ3) is 4.76. The van der Waals surface area contributed by atoms with Crippen LogP contribution in [0.5, 0.6) is 0 Å². The number of amides is 1. The van der Waals surface area contributed by atoms with Crippen LogP contribution in [0.1, 0.15) is 6.92 Å². The standard InChI is InChI=1S/C8H8BrNO3S.Na/c1-5(11)10-8-3-2-6(14(12)13)4-7(8)9;/h2-4H,1H3,(H,10,11)(H,12,13);/q;+1/p-1. The number of carbonyl (C=O) groups is 1. The smallest absolute Gasteiger partial charge is 0.768 e. The first-order chi connectivity index (χ1) is 6.50. The van der Waals surface area contributed by atoms with Crippen molar-refractivity contribution >= 4 is 38.6 Å². The van der Waals surface area contributed by atoms with E-state index in [0.29, 0.717) is 10.2 Å². The third-order valence-corrected chi connectivity index (χ3v) is 2.74. The zero-order chi connectivity index (χ0) is 10.7. The molecule has 0 aliphatic heterocycles. The fourth-order valence-electron chi connectivity index (χ4n) is 0.891. The van der Waals surface area contributed by atoms with E-state index in [1.807, 2.05) is 0 Å². The Morgan fingerprint density at radius 3 is 2.53 bits per heavy atom. The van der Waals surface area contributed by atoms with Gasteiger partial charge >= 0.3 is 29.6 Å². The molecule has 76 valence electrons. The summed E-state index contributed by atoms with van der Waals surface area (Å²) in [6.07, 6.45) is 0. The number of anilines is 1. The van der Waals surface area contributed by atoms with Crippen molar-refractivity contribution in [2.45, 2.75) is 11.8 Å². The summed E-state index contributed by atoms with van der Waals surface area (Å²) >= 11 is 0.903. The van der Waals surface area contributed by atoms with Gasteiger partial charge in [-0.1, -0.05) is 0 Å². The Hall–Kier alpha value is 0.280. The molecule has 1 unspecified atom stereocenters. The molecule has 4 nitrogen and oxygen atoms in total. The van der Waals surface area contributed by atoms with E-state index in [1.165, 1.54) is 25.1 Å². The Kier molecular flexibility index (Phi) is 6.90. The van der Waals surface area contributed by atoms with Crippen LogP contribution < -0.4 is 34.9 Å². The average molecular weight is 300 g/mol. The molecule has 15 heavy (non-hydrogen) atoms. The molecule has 0 radical (unpaired) electrons. The van der Waals surface area contributed by atoms with E-state index in [2.05, 4.69) is 21.2 Å². The summed E-state index contributed by atoms with van der Waals surface area (Å²) in [7, 11) is 0. The molecule has 0 spiro atoms. The number of nitrogens with one attached hydrogen (secondary N) is 1. The Bertz CT molecular complexity index is 399. The fraction of sp³-hybridized carbons (Fsp3) is 0.125. The summed E-state index contributed by atoms with van der Waals surface area (Å²) in [6, 6.07) is 4.37. The van der Waals surface area contributed by atoms with Crippen LogP contribution in [-0.4, -0.2) is 14.7 Å². The predicted octanol–water partition coefficient (Wildman–Crippen LogP) is -1.35. The van der Waals surface area contributed by atoms with Gasteiger partial charge in [0.1, 0.15) is 0 Å². The fourth-order valence-corrected chi connectivity index (χ4v) is 1.91. The minimum atomic E-state index is -2.25. The van der Waals surface area contributed by atoms with E-state index in [-0.39, 0.29) is 40.4 Å². The molecule has 0 aliphatic rings. The van der Waals surface area contributed by atoms with Crippen molar-refractivity contribution in [2.24, 2.45) is 0 Å². The second-order valence-electron chi connectivity index (χ2n) is 2.56. The van der Waals surface area contributed by atoms with Gasteiger partial charge in [0.2, 0.25) is 5.91 Å². The second kappa shape index (κ2) is 6.78. The molecule has 1 N–H and O–H groups in total. The first-order valence-electron chi connectivity index (χ1n) is 3.67. The molecule has 0 aliphatic carbocycles. The summed E-state index contributed by atoms with van der Waals surface area (Å²) in [5, 5.41) is 2.55. The predicted molar refractivity (Wildman–Crippen MR) is 55.6 cm³/mol. The van der Waals surface area contributed by atoms with Crippen LogP contribution in [0.4, 0.5) is 5.69 Å². The zero-order valence-corrected chi connectivity index (χ0v) is 12.6. The van der Waals surface area contributed by atoms with Gasteiger partial charge in [0.15, 0.2) is 0 Å². The molecule has 0 saturated heterocycles. The molecule has 0 heterocycles. The Morgan fingerprint density at radius 1 is 1.53 bits per heavy atom. The number of hydrogen-bond acceptors (Lipinski definition) is 3. The Balaban J connectivity index is 0.00000196. The largest absolute Gasteiger partial charge is 1.00 e. The zero-order valence-electron chi connectivity index (χ0n) is 8.24. The molecule has 1 atom stereocenters. The maximum Gasteiger partial charge on any atom is 1.00 e. The van der Waals surface area contributed by atoms with E-state index in [0.717, 1.165) is 0 Å². The van der Waals surface area contributed by atoms with Crippen molar-refractivity contribution in [3.05, 3.63) is 22.7 Å². The molecule has 7 heteroatoms. The molecular formula is C8H7BrNNaO3S. The van der Waals surface area contributed by atoms with Crippen LogP contribution >= 0.6 is 15.9 Å². The minimum absolute atomic E-state index is 0. The maximum atomic E-state index is 10.7. The molecule has 1 aromatic rings. The van der Waals surface area contributed by atoms with Gasteiger partial charge < -0.3 is 9.87 Å². The van der Waals surface area contributed by atoms with Crippen LogP contribution in [0.15, 0.2) is 27.6 Å². The van der Waals surface area contributed by atoms with Crippen molar-refractivity contribution in [2.75, 3.05) is 5.32 Å². The molecule has 1 rings (SSSR count). The van der Waals surface area contributed by atoms with Crippen LogP contribution in [0, 0.1) is 0 Å². The van der Waals surface area contributed by atoms with Gasteiger partial charge in [-0.3, -0.25) is 9.00 Å². The van der Waals surface area contributed by atoms with Gasteiger partial charge in [0.25, 0.3) is 0 Å². The number of hydrogen-bond donors (Lipinski definition) is 1. The summed E-state index contributed by atoms with van der Waals surface area (Å²) < 4.78 is 21.7. The average Bonchev–Trinajstić information content (AvgIpc) is 2.07. The van der Waals surface area contributed by atoms with Crippen molar-refractivity contribution in [3.63, 3.8) is 0 Å². The number of benzene rings is 1. The van der Waals surface area contributed by atoms with E-state index in [1.54, 1.807) is 0 Å². The van der Waals surface area contributed by atoms with Gasteiger partial charge in [0, 0.05) is 16.3 Å². The van der Waals surface area contributed by atoms with Crippen LogP contribution in [0.2, 0.25) is 0 Å². The van der Waals surface area contributed by atoms with E-state index in [9.17, 15) is 13.6 Å². The van der Waals surface area contributed by atoms with Crippen molar-refractivity contribution < 1.29 is 43.1 Å². The third-order valence-electron chi connectivity index (χ3n) is 1.44. The summed E-state index contributed by atoms with van der Waals surface area (Å²) in [5.41, 5.74) is 0.548. The molecular weight excluding hydrogens is 293 g/mol. The van der Waals surface area contributed by atoms with Gasteiger partial charge in [-0.05, 0) is 45.2 Å². The van der Waals surface area contributed by atoms with Crippen molar-refractivity contribution in [3.8, 4) is 0 Å². The van der Waals surface area contributed by atoms with E-state index < -0.39 is 11.1 Å². The minimum Gasteiger partial charge on any atom is -0.768 e. The molecule has 0 bridgehead atoms. The van der Waals surface area contributed by atoms with E-state index >= 15 is 0 Å². The van der Waals surface area contributed by atoms with Gasteiger partial charge in [-0.2, -0.15) is 0 Å². The van der Waals surface area contributed by atoms with Crippen molar-refractivity contribution in [1.29, 1.82) is 0 Å². The van der Waals surface area contributed by atoms with E-state index in [4.69, 9.17) is 0 Å². The maximum absolute atomic E-state index is 10.7. The van der Waals surface area contributed by atoms with Gasteiger partial charge in [-0.25, -0.2) is 0 Å². The normalized spacial score (nSPS) is 11.4. The van der Waals surface area contributed by atoms with Crippen molar-refractivity contribution in [1.82, 2.24) is 0 Å². The summed E-state index contributed by atoms with van der Waals surface area (Å²) in [5.74, 6) is -0.207. The molecule has 0 aromatic heterocycles. The quantitative estimate of drug-likeness (QED) is 0.542. The number of rotatable bonds is 2. The Morgan fingerprint density at radius 2 is 2.13 bits per heavy atom.